The minimum atomic E-state index is -1.86. The second-order valence-corrected chi connectivity index (χ2v) is 4.98. The second-order valence-electron chi connectivity index (χ2n) is 1.80. The molecule has 11 heavy (non-hydrogen) atoms. The van der Waals surface area contributed by atoms with Gasteiger partial charge in [-0.25, -0.2) is 4.21 Å². The highest BCUT2D eigenvalue weighted by atomic mass is 127. The third kappa shape index (κ3) is 2.36. The molecule has 1 unspecified atom stereocenters. The van der Waals surface area contributed by atoms with Crippen LogP contribution < -0.4 is 0 Å². The highest BCUT2D eigenvalue weighted by Gasteiger charge is 2.06. The normalized spacial score (nSPS) is 13.0. The molecule has 0 aliphatic carbocycles. The predicted molar refractivity (Wildman–Crippen MR) is 60.9 cm³/mol. The summed E-state index contributed by atoms with van der Waals surface area (Å²) in [4.78, 5) is 0.484. The van der Waals surface area contributed by atoms with Gasteiger partial charge in [-0.3, -0.25) is 0 Å². The van der Waals surface area contributed by atoms with E-state index in [-0.39, 0.29) is 0 Å². The first-order chi connectivity index (χ1) is 5.13. The third-order valence-corrected chi connectivity index (χ3v) is 5.28. The molecule has 0 bridgehead atoms. The first-order valence-corrected chi connectivity index (χ1v) is 5.94. The van der Waals surface area contributed by atoms with Crippen molar-refractivity contribution in [2.24, 2.45) is 0 Å². The van der Waals surface area contributed by atoms with E-state index in [0.717, 1.165) is 7.14 Å². The Kier molecular flexibility index (Phi) is 3.72. The van der Waals surface area contributed by atoms with Gasteiger partial charge in [0, 0.05) is 7.14 Å². The SMILES string of the molecule is O=S(O)c1cccc(I)c1I. The zero-order valence-corrected chi connectivity index (χ0v) is 10.4. The standard InChI is InChI=1S/C6H4I2O2S/c7-4-2-1-3-5(6(4)8)11(9)10/h1-3H,(H,9,10). The Morgan fingerprint density at radius 2 is 2.00 bits per heavy atom. The number of halogens is 2. The molecule has 1 rings (SSSR count). The van der Waals surface area contributed by atoms with Crippen LogP contribution in [-0.4, -0.2) is 8.76 Å². The van der Waals surface area contributed by atoms with Crippen molar-refractivity contribution in [3.8, 4) is 0 Å². The highest BCUT2D eigenvalue weighted by molar-refractivity contribution is 14.1. The Morgan fingerprint density at radius 3 is 2.45 bits per heavy atom. The molecule has 0 heterocycles. The van der Waals surface area contributed by atoms with Crippen molar-refractivity contribution in [2.75, 3.05) is 0 Å². The van der Waals surface area contributed by atoms with E-state index in [2.05, 4.69) is 45.2 Å². The number of benzene rings is 1. The van der Waals surface area contributed by atoms with Gasteiger partial charge in [-0.2, -0.15) is 0 Å². The lowest BCUT2D eigenvalue weighted by atomic mass is 10.4. The van der Waals surface area contributed by atoms with Gasteiger partial charge >= 0.3 is 0 Å². The molecule has 1 atom stereocenters. The fourth-order valence-electron chi connectivity index (χ4n) is 0.619. The third-order valence-electron chi connectivity index (χ3n) is 1.10. The number of hydrogen-bond acceptors (Lipinski definition) is 1. The maximum absolute atomic E-state index is 10.7. The zero-order chi connectivity index (χ0) is 8.43. The van der Waals surface area contributed by atoms with Gasteiger partial charge in [-0.1, -0.05) is 6.07 Å². The van der Waals surface area contributed by atoms with Crippen molar-refractivity contribution in [1.82, 2.24) is 0 Å². The summed E-state index contributed by atoms with van der Waals surface area (Å²) in [6.45, 7) is 0. The van der Waals surface area contributed by atoms with Gasteiger partial charge < -0.3 is 4.55 Å². The summed E-state index contributed by atoms with van der Waals surface area (Å²) in [6, 6.07) is 5.33. The van der Waals surface area contributed by atoms with Crippen LogP contribution in [0.15, 0.2) is 23.1 Å². The molecule has 0 aliphatic heterocycles. The largest absolute Gasteiger partial charge is 0.302 e. The molecule has 1 N–H and O–H groups in total. The lowest BCUT2D eigenvalue weighted by molar-refractivity contribution is 0.563. The van der Waals surface area contributed by atoms with Crippen LogP contribution in [0.4, 0.5) is 0 Å². The maximum atomic E-state index is 10.7. The van der Waals surface area contributed by atoms with E-state index in [0.29, 0.717) is 4.90 Å². The summed E-state index contributed by atoms with van der Waals surface area (Å²) in [7, 11) is 0. The van der Waals surface area contributed by atoms with E-state index < -0.39 is 11.1 Å². The number of rotatable bonds is 1. The van der Waals surface area contributed by atoms with Gasteiger partial charge in [-0.05, 0) is 57.3 Å². The summed E-state index contributed by atoms with van der Waals surface area (Å²) in [5.41, 5.74) is 0. The Hall–Kier alpha value is 0.790. The molecule has 60 valence electrons. The summed E-state index contributed by atoms with van der Waals surface area (Å²) in [6.07, 6.45) is 0. The predicted octanol–water partition coefficient (Wildman–Crippen LogP) is 2.48. The van der Waals surface area contributed by atoms with Crippen LogP contribution in [0.1, 0.15) is 0 Å². The van der Waals surface area contributed by atoms with Crippen LogP contribution in [0.2, 0.25) is 0 Å². The molecule has 0 amide bonds. The van der Waals surface area contributed by atoms with Gasteiger partial charge in [-0.15, -0.1) is 0 Å². The molecule has 0 saturated heterocycles. The molecular weight excluding hydrogens is 390 g/mol. The first-order valence-electron chi connectivity index (χ1n) is 2.68. The molecule has 0 fully saturated rings. The summed E-state index contributed by atoms with van der Waals surface area (Å²) in [5, 5.41) is 0. The van der Waals surface area contributed by atoms with Crippen LogP contribution in [0.5, 0.6) is 0 Å². The van der Waals surface area contributed by atoms with Crippen LogP contribution in [-0.2, 0) is 11.1 Å². The Balaban J connectivity index is 3.27. The highest BCUT2D eigenvalue weighted by Crippen LogP contribution is 2.20. The monoisotopic (exact) mass is 394 g/mol. The fourth-order valence-corrected chi connectivity index (χ4v) is 2.68. The second kappa shape index (κ2) is 4.15. The van der Waals surface area contributed by atoms with Gasteiger partial charge in [0.05, 0.1) is 4.90 Å². The molecule has 5 heteroatoms. The molecular formula is C6H4I2O2S. The maximum Gasteiger partial charge on any atom is 0.187 e. The molecule has 1 aromatic carbocycles. The summed E-state index contributed by atoms with van der Waals surface area (Å²) >= 11 is 2.33. The van der Waals surface area contributed by atoms with E-state index in [1.807, 2.05) is 6.07 Å². The fraction of sp³-hybridized carbons (Fsp3) is 0. The van der Waals surface area contributed by atoms with Crippen molar-refractivity contribution in [3.05, 3.63) is 25.3 Å². The van der Waals surface area contributed by atoms with E-state index in [4.69, 9.17) is 4.55 Å². The van der Waals surface area contributed by atoms with Gasteiger partial charge in [0.2, 0.25) is 0 Å². The minimum absolute atomic E-state index is 0.484. The lowest BCUT2D eigenvalue weighted by Crippen LogP contribution is -1.93. The quantitative estimate of drug-likeness (QED) is 0.588. The van der Waals surface area contributed by atoms with Crippen molar-refractivity contribution < 1.29 is 8.76 Å². The van der Waals surface area contributed by atoms with Crippen LogP contribution in [0.25, 0.3) is 0 Å². The van der Waals surface area contributed by atoms with E-state index in [9.17, 15) is 4.21 Å². The average molecular weight is 394 g/mol. The zero-order valence-electron chi connectivity index (χ0n) is 5.25. The average Bonchev–Trinajstić information content (AvgIpc) is 1.94. The Bertz CT molecular complexity index is 301. The summed E-state index contributed by atoms with van der Waals surface area (Å²) in [5.74, 6) is 0. The van der Waals surface area contributed by atoms with Crippen LogP contribution in [0, 0.1) is 7.14 Å². The topological polar surface area (TPSA) is 37.3 Å². The molecule has 0 saturated carbocycles. The van der Waals surface area contributed by atoms with Crippen molar-refractivity contribution >= 4 is 56.3 Å². The van der Waals surface area contributed by atoms with Crippen LogP contribution in [0.3, 0.4) is 0 Å². The molecule has 0 aliphatic rings. The van der Waals surface area contributed by atoms with Gasteiger partial charge in [0.1, 0.15) is 0 Å². The first kappa shape index (κ1) is 9.87. The van der Waals surface area contributed by atoms with Crippen LogP contribution >= 0.6 is 45.2 Å². The summed E-state index contributed by atoms with van der Waals surface area (Å²) < 4.78 is 21.3. The van der Waals surface area contributed by atoms with Gasteiger partial charge in [0.25, 0.3) is 0 Å². The van der Waals surface area contributed by atoms with Crippen molar-refractivity contribution in [1.29, 1.82) is 0 Å². The van der Waals surface area contributed by atoms with Crippen molar-refractivity contribution in [3.63, 3.8) is 0 Å². The van der Waals surface area contributed by atoms with Gasteiger partial charge in [0.15, 0.2) is 11.1 Å². The van der Waals surface area contributed by atoms with E-state index in [1.54, 1.807) is 12.1 Å². The molecule has 1 aromatic rings. The molecule has 0 radical (unpaired) electrons. The minimum Gasteiger partial charge on any atom is -0.302 e. The lowest BCUT2D eigenvalue weighted by Gasteiger charge is -1.99. The smallest absolute Gasteiger partial charge is 0.187 e. The Morgan fingerprint density at radius 1 is 1.36 bits per heavy atom. The van der Waals surface area contributed by atoms with E-state index >= 15 is 0 Å². The van der Waals surface area contributed by atoms with Crippen molar-refractivity contribution in [2.45, 2.75) is 4.90 Å². The molecule has 2 nitrogen and oxygen atoms in total. The molecule has 0 aromatic heterocycles. The van der Waals surface area contributed by atoms with E-state index in [1.165, 1.54) is 0 Å². The molecule has 0 spiro atoms. The number of hydrogen-bond donors (Lipinski definition) is 1. The Labute approximate surface area is 94.3 Å².